The van der Waals surface area contributed by atoms with Crippen molar-refractivity contribution in [2.75, 3.05) is 5.32 Å². The minimum Gasteiger partial charge on any atom is -0.370 e. The van der Waals surface area contributed by atoms with Gasteiger partial charge in [-0.15, -0.1) is 5.10 Å². The molecule has 1 heterocycles. The number of carbonyl (C=O) groups is 1. The van der Waals surface area contributed by atoms with Gasteiger partial charge in [-0.05, 0) is 26.0 Å². The summed E-state index contributed by atoms with van der Waals surface area (Å²) in [6, 6.07) is 3.56. The lowest BCUT2D eigenvalue weighted by atomic mass is 10.0. The van der Waals surface area contributed by atoms with E-state index in [9.17, 15) is 4.79 Å². The van der Waals surface area contributed by atoms with Crippen LogP contribution in [0, 0.1) is 0 Å². The molecule has 1 aromatic heterocycles. The van der Waals surface area contributed by atoms with Crippen LogP contribution in [0.25, 0.3) is 0 Å². The molecule has 0 radical (unpaired) electrons. The van der Waals surface area contributed by atoms with E-state index < -0.39 is 5.54 Å². The Morgan fingerprint density at radius 3 is 2.86 bits per heavy atom. The molecule has 0 bridgehead atoms. The summed E-state index contributed by atoms with van der Waals surface area (Å²) in [5.74, 6) is 0.296. The summed E-state index contributed by atoms with van der Waals surface area (Å²) in [6.07, 6.45) is 1.84. The van der Waals surface area contributed by atoms with Gasteiger partial charge in [0, 0.05) is 18.2 Å². The number of primary amides is 1. The maximum atomic E-state index is 10.8. The van der Waals surface area contributed by atoms with E-state index in [2.05, 4.69) is 15.5 Å². The monoisotopic (exact) mass is 194 g/mol. The molecule has 0 saturated carbocycles. The van der Waals surface area contributed by atoms with Crippen molar-refractivity contribution in [3.05, 3.63) is 18.3 Å². The van der Waals surface area contributed by atoms with Gasteiger partial charge in [-0.2, -0.15) is 5.10 Å². The average molecular weight is 194 g/mol. The number of amides is 1. The molecule has 1 amide bonds. The van der Waals surface area contributed by atoms with Gasteiger partial charge in [0.2, 0.25) is 5.91 Å². The highest BCUT2D eigenvalue weighted by Crippen LogP contribution is 2.14. The first-order valence-corrected chi connectivity index (χ1v) is 4.34. The first kappa shape index (κ1) is 10.4. The molecule has 0 spiro atoms. The van der Waals surface area contributed by atoms with E-state index in [-0.39, 0.29) is 12.3 Å². The maximum Gasteiger partial charge on any atom is 0.219 e. The second-order valence-corrected chi connectivity index (χ2v) is 3.76. The van der Waals surface area contributed by atoms with Crippen molar-refractivity contribution in [2.45, 2.75) is 25.8 Å². The molecule has 0 aliphatic heterocycles. The molecule has 5 heteroatoms. The highest BCUT2D eigenvalue weighted by Gasteiger charge is 2.20. The van der Waals surface area contributed by atoms with E-state index in [1.54, 1.807) is 18.3 Å². The summed E-state index contributed by atoms with van der Waals surface area (Å²) in [4.78, 5) is 10.8. The number of carbonyl (C=O) groups excluding carboxylic acids is 1. The van der Waals surface area contributed by atoms with Gasteiger partial charge in [0.15, 0.2) is 0 Å². The Morgan fingerprint density at radius 1 is 1.64 bits per heavy atom. The Bertz CT molecular complexity index is 310. The third kappa shape index (κ3) is 3.38. The number of nitrogens with two attached hydrogens (primary N) is 1. The predicted molar refractivity (Wildman–Crippen MR) is 53.5 cm³/mol. The molecular weight excluding hydrogens is 180 g/mol. The zero-order chi connectivity index (χ0) is 10.6. The number of hydrogen-bond donors (Lipinski definition) is 2. The van der Waals surface area contributed by atoms with Gasteiger partial charge in [0.25, 0.3) is 0 Å². The quantitative estimate of drug-likeness (QED) is 0.733. The molecule has 0 fully saturated rings. The third-order valence-corrected chi connectivity index (χ3v) is 1.65. The summed E-state index contributed by atoms with van der Waals surface area (Å²) in [5, 5.41) is 10.7. The lowest BCUT2D eigenvalue weighted by molar-refractivity contribution is -0.118. The fourth-order valence-electron chi connectivity index (χ4n) is 1.19. The number of nitrogens with one attached hydrogen (secondary N) is 1. The van der Waals surface area contributed by atoms with Crippen molar-refractivity contribution in [2.24, 2.45) is 5.73 Å². The van der Waals surface area contributed by atoms with Crippen LogP contribution in [0.4, 0.5) is 5.82 Å². The van der Waals surface area contributed by atoms with E-state index in [4.69, 9.17) is 5.73 Å². The Labute approximate surface area is 82.7 Å². The second kappa shape index (κ2) is 4.04. The van der Waals surface area contributed by atoms with Crippen LogP contribution in [-0.2, 0) is 4.79 Å². The highest BCUT2D eigenvalue weighted by atomic mass is 16.1. The zero-order valence-corrected chi connectivity index (χ0v) is 8.32. The minimum atomic E-state index is -0.401. The van der Waals surface area contributed by atoms with Crippen molar-refractivity contribution >= 4 is 11.7 Å². The van der Waals surface area contributed by atoms with Crippen molar-refractivity contribution in [3.8, 4) is 0 Å². The topological polar surface area (TPSA) is 80.9 Å². The van der Waals surface area contributed by atoms with Crippen LogP contribution in [0.3, 0.4) is 0 Å². The Kier molecular flexibility index (Phi) is 3.01. The van der Waals surface area contributed by atoms with E-state index in [1.807, 2.05) is 13.8 Å². The number of rotatable bonds is 4. The summed E-state index contributed by atoms with van der Waals surface area (Å²) in [7, 11) is 0. The van der Waals surface area contributed by atoms with Crippen molar-refractivity contribution in [1.29, 1.82) is 0 Å². The van der Waals surface area contributed by atoms with Gasteiger partial charge >= 0.3 is 0 Å². The predicted octanol–water partition coefficient (Wildman–Crippen LogP) is 0.542. The fraction of sp³-hybridized carbons (Fsp3) is 0.444. The van der Waals surface area contributed by atoms with Crippen LogP contribution in [0.5, 0.6) is 0 Å². The largest absolute Gasteiger partial charge is 0.370 e. The minimum absolute atomic E-state index is 0.254. The van der Waals surface area contributed by atoms with Crippen molar-refractivity contribution in [3.63, 3.8) is 0 Å². The van der Waals surface area contributed by atoms with Gasteiger partial charge in [0.1, 0.15) is 5.82 Å². The van der Waals surface area contributed by atoms with Crippen LogP contribution in [0.15, 0.2) is 18.3 Å². The molecule has 0 unspecified atom stereocenters. The molecule has 76 valence electrons. The molecule has 1 aromatic rings. The van der Waals surface area contributed by atoms with Crippen LogP contribution in [0.2, 0.25) is 0 Å². The van der Waals surface area contributed by atoms with Crippen LogP contribution in [0.1, 0.15) is 20.3 Å². The summed E-state index contributed by atoms with van der Waals surface area (Å²) in [6.45, 7) is 3.76. The average Bonchev–Trinajstić information content (AvgIpc) is 2.02. The number of nitrogens with zero attached hydrogens (tertiary/aromatic N) is 2. The zero-order valence-electron chi connectivity index (χ0n) is 8.32. The molecule has 14 heavy (non-hydrogen) atoms. The van der Waals surface area contributed by atoms with E-state index >= 15 is 0 Å². The lowest BCUT2D eigenvalue weighted by Gasteiger charge is -2.24. The first-order valence-electron chi connectivity index (χ1n) is 4.34. The first-order chi connectivity index (χ1) is 6.49. The second-order valence-electron chi connectivity index (χ2n) is 3.76. The number of anilines is 1. The Hall–Kier alpha value is -1.65. The standard InChI is InChI=1S/C9H14N4O/c1-9(2,6-7(10)14)12-8-4-3-5-11-13-8/h3-5H,6H2,1-2H3,(H2,10,14)(H,12,13). The summed E-state index contributed by atoms with van der Waals surface area (Å²) < 4.78 is 0. The maximum absolute atomic E-state index is 10.8. The van der Waals surface area contributed by atoms with Gasteiger partial charge in [-0.1, -0.05) is 0 Å². The molecule has 5 nitrogen and oxygen atoms in total. The van der Waals surface area contributed by atoms with Crippen LogP contribution >= 0.6 is 0 Å². The van der Waals surface area contributed by atoms with E-state index in [0.717, 1.165) is 0 Å². The molecule has 0 aromatic carbocycles. The fourth-order valence-corrected chi connectivity index (χ4v) is 1.19. The Morgan fingerprint density at radius 2 is 2.36 bits per heavy atom. The number of aromatic nitrogens is 2. The van der Waals surface area contributed by atoms with E-state index in [0.29, 0.717) is 5.82 Å². The molecule has 1 rings (SSSR count). The molecule has 0 aliphatic carbocycles. The van der Waals surface area contributed by atoms with E-state index in [1.165, 1.54) is 0 Å². The summed E-state index contributed by atoms with van der Waals surface area (Å²) in [5.41, 5.74) is 4.72. The smallest absolute Gasteiger partial charge is 0.219 e. The molecular formula is C9H14N4O. The van der Waals surface area contributed by atoms with Gasteiger partial charge in [-0.25, -0.2) is 0 Å². The molecule has 0 saturated heterocycles. The van der Waals surface area contributed by atoms with Gasteiger partial charge in [0.05, 0.1) is 0 Å². The molecule has 3 N–H and O–H groups in total. The highest BCUT2D eigenvalue weighted by molar-refractivity contribution is 5.75. The number of hydrogen-bond acceptors (Lipinski definition) is 4. The normalized spacial score (nSPS) is 11.0. The molecule has 0 atom stereocenters. The SMILES string of the molecule is CC(C)(CC(N)=O)Nc1cccnn1. The van der Waals surface area contributed by atoms with Gasteiger partial charge < -0.3 is 11.1 Å². The van der Waals surface area contributed by atoms with Crippen molar-refractivity contribution < 1.29 is 4.79 Å². The lowest BCUT2D eigenvalue weighted by Crippen LogP contribution is -2.36. The third-order valence-electron chi connectivity index (χ3n) is 1.65. The van der Waals surface area contributed by atoms with Gasteiger partial charge in [-0.3, -0.25) is 4.79 Å². The summed E-state index contributed by atoms with van der Waals surface area (Å²) >= 11 is 0. The van der Waals surface area contributed by atoms with Crippen molar-refractivity contribution in [1.82, 2.24) is 10.2 Å². The Balaban J connectivity index is 2.63. The van der Waals surface area contributed by atoms with Crippen LogP contribution in [-0.4, -0.2) is 21.6 Å². The van der Waals surface area contributed by atoms with Crippen LogP contribution < -0.4 is 11.1 Å². The molecule has 0 aliphatic rings.